The van der Waals surface area contributed by atoms with Gasteiger partial charge >= 0.3 is 5.97 Å². The lowest BCUT2D eigenvalue weighted by Gasteiger charge is -2.03. The number of carbonyl (C=O) groups excluding carboxylic acids is 2. The molecule has 4 nitrogen and oxygen atoms in total. The fraction of sp³-hybridized carbons (Fsp3) is 0.0625. The molecule has 122 valence electrons. The third kappa shape index (κ3) is 3.55. The number of carbonyl (C=O) groups is 2. The van der Waals surface area contributed by atoms with E-state index in [1.807, 2.05) is 17.5 Å². The van der Waals surface area contributed by atoms with Crippen LogP contribution in [0.1, 0.15) is 20.8 Å². The number of thiophene rings is 1. The molecule has 0 fully saturated rings. The molecular formula is C16H9F2NO3S2. The zero-order valence-electron chi connectivity index (χ0n) is 12.0. The van der Waals surface area contributed by atoms with Gasteiger partial charge in [-0.05, 0) is 29.6 Å². The van der Waals surface area contributed by atoms with E-state index in [-0.39, 0.29) is 11.3 Å². The molecule has 2 heterocycles. The van der Waals surface area contributed by atoms with E-state index >= 15 is 0 Å². The Morgan fingerprint density at radius 3 is 2.67 bits per heavy atom. The Bertz CT molecular complexity index is 891. The molecule has 0 saturated carbocycles. The zero-order chi connectivity index (χ0) is 17.1. The minimum Gasteiger partial charge on any atom is -0.453 e. The van der Waals surface area contributed by atoms with Crippen molar-refractivity contribution in [1.82, 2.24) is 4.98 Å². The van der Waals surface area contributed by atoms with Gasteiger partial charge in [-0.15, -0.1) is 22.7 Å². The molecule has 2 aromatic heterocycles. The van der Waals surface area contributed by atoms with Gasteiger partial charge in [-0.3, -0.25) is 4.79 Å². The summed E-state index contributed by atoms with van der Waals surface area (Å²) >= 11 is 2.79. The summed E-state index contributed by atoms with van der Waals surface area (Å²) in [6.07, 6.45) is 0. The lowest BCUT2D eigenvalue weighted by Crippen LogP contribution is -2.14. The average Bonchev–Trinajstić information content (AvgIpc) is 3.25. The predicted octanol–water partition coefficient (Wildman–Crippen LogP) is 4.19. The lowest BCUT2D eigenvalue weighted by molar-refractivity contribution is 0.0469. The van der Waals surface area contributed by atoms with Crippen LogP contribution < -0.4 is 0 Å². The molecule has 24 heavy (non-hydrogen) atoms. The Labute approximate surface area is 143 Å². The number of hydrogen-bond acceptors (Lipinski definition) is 6. The van der Waals surface area contributed by atoms with Crippen molar-refractivity contribution in [3.05, 3.63) is 64.0 Å². The number of ether oxygens (including phenoxy) is 1. The Hall–Kier alpha value is -2.45. The summed E-state index contributed by atoms with van der Waals surface area (Å²) in [5.41, 5.74) is 0.0285. The summed E-state index contributed by atoms with van der Waals surface area (Å²) in [7, 11) is 0. The van der Waals surface area contributed by atoms with Gasteiger partial charge in [0, 0.05) is 10.9 Å². The van der Waals surface area contributed by atoms with E-state index in [0.29, 0.717) is 5.01 Å². The van der Waals surface area contributed by atoms with E-state index in [1.54, 1.807) is 5.38 Å². The van der Waals surface area contributed by atoms with Crippen molar-refractivity contribution in [1.29, 1.82) is 0 Å². The number of esters is 1. The van der Waals surface area contributed by atoms with Crippen LogP contribution >= 0.6 is 22.7 Å². The summed E-state index contributed by atoms with van der Waals surface area (Å²) in [6, 6.07) is 6.50. The summed E-state index contributed by atoms with van der Waals surface area (Å²) in [6.45, 7) is -0.574. The molecule has 1 aromatic carbocycles. The van der Waals surface area contributed by atoms with E-state index in [1.165, 1.54) is 22.7 Å². The molecule has 0 bridgehead atoms. The van der Waals surface area contributed by atoms with Crippen LogP contribution in [0.25, 0.3) is 9.88 Å². The number of nitrogens with zero attached hydrogens (tertiary/aromatic N) is 1. The monoisotopic (exact) mass is 365 g/mol. The Morgan fingerprint density at radius 1 is 1.12 bits per heavy atom. The molecule has 0 unspecified atom stereocenters. The molecule has 3 aromatic rings. The molecular weight excluding hydrogens is 356 g/mol. The van der Waals surface area contributed by atoms with Crippen LogP contribution in [0.3, 0.4) is 0 Å². The standard InChI is InChI=1S/C16H9F2NO3S2/c17-10-4-3-9(6-11(10)18)13(20)7-22-16(21)12-8-24-15(19-12)14-2-1-5-23-14/h1-6,8H,7H2. The first-order chi connectivity index (χ1) is 11.5. The SMILES string of the molecule is O=C(COC(=O)c1csc(-c2cccs2)n1)c1ccc(F)c(F)c1. The normalized spacial score (nSPS) is 10.6. The smallest absolute Gasteiger partial charge is 0.358 e. The summed E-state index contributed by atoms with van der Waals surface area (Å²) < 4.78 is 30.8. The molecule has 0 atom stereocenters. The molecule has 0 radical (unpaired) electrons. The van der Waals surface area contributed by atoms with Gasteiger partial charge in [-0.25, -0.2) is 18.6 Å². The van der Waals surface area contributed by atoms with Crippen LogP contribution in [0, 0.1) is 11.6 Å². The fourth-order valence-electron chi connectivity index (χ4n) is 1.84. The number of hydrogen-bond donors (Lipinski definition) is 0. The molecule has 0 amide bonds. The molecule has 0 aliphatic rings. The maximum Gasteiger partial charge on any atom is 0.358 e. The van der Waals surface area contributed by atoms with Crippen molar-refractivity contribution < 1.29 is 23.1 Å². The van der Waals surface area contributed by atoms with E-state index in [0.717, 1.165) is 23.1 Å². The predicted molar refractivity (Wildman–Crippen MR) is 86.4 cm³/mol. The van der Waals surface area contributed by atoms with Crippen molar-refractivity contribution in [2.45, 2.75) is 0 Å². The van der Waals surface area contributed by atoms with E-state index < -0.39 is 30.0 Å². The van der Waals surface area contributed by atoms with Gasteiger partial charge in [-0.1, -0.05) is 6.07 Å². The van der Waals surface area contributed by atoms with Gasteiger partial charge in [0.25, 0.3) is 0 Å². The molecule has 0 saturated heterocycles. The number of Topliss-reactive ketones (excluding diaryl/α,β-unsaturated/α-hetero) is 1. The maximum absolute atomic E-state index is 13.1. The zero-order valence-corrected chi connectivity index (χ0v) is 13.6. The first kappa shape index (κ1) is 16.4. The molecule has 0 N–H and O–H groups in total. The third-order valence-electron chi connectivity index (χ3n) is 3.02. The van der Waals surface area contributed by atoms with Crippen molar-refractivity contribution in [3.63, 3.8) is 0 Å². The number of rotatable bonds is 5. The number of benzene rings is 1. The van der Waals surface area contributed by atoms with Crippen molar-refractivity contribution >= 4 is 34.4 Å². The van der Waals surface area contributed by atoms with E-state index in [4.69, 9.17) is 4.74 Å². The van der Waals surface area contributed by atoms with Gasteiger partial charge in [0.2, 0.25) is 0 Å². The first-order valence-electron chi connectivity index (χ1n) is 6.69. The molecule has 0 spiro atoms. The number of ketones is 1. The van der Waals surface area contributed by atoms with Crippen LogP contribution in [0.4, 0.5) is 8.78 Å². The third-order valence-corrected chi connectivity index (χ3v) is 4.90. The Morgan fingerprint density at radius 2 is 1.96 bits per heavy atom. The van der Waals surface area contributed by atoms with Crippen LogP contribution in [0.2, 0.25) is 0 Å². The quantitative estimate of drug-likeness (QED) is 0.503. The largest absolute Gasteiger partial charge is 0.453 e. The van der Waals surface area contributed by atoms with Crippen LogP contribution in [-0.2, 0) is 4.74 Å². The van der Waals surface area contributed by atoms with E-state index in [9.17, 15) is 18.4 Å². The topological polar surface area (TPSA) is 56.3 Å². The van der Waals surface area contributed by atoms with Crippen molar-refractivity contribution in [2.24, 2.45) is 0 Å². The second kappa shape index (κ2) is 6.98. The molecule has 0 aliphatic heterocycles. The lowest BCUT2D eigenvalue weighted by atomic mass is 10.1. The first-order valence-corrected chi connectivity index (χ1v) is 8.45. The second-order valence-corrected chi connectivity index (χ2v) is 6.45. The van der Waals surface area contributed by atoms with Gasteiger partial charge in [0.05, 0.1) is 4.88 Å². The highest BCUT2D eigenvalue weighted by Crippen LogP contribution is 2.27. The second-order valence-electron chi connectivity index (χ2n) is 4.64. The van der Waals surface area contributed by atoms with Crippen molar-refractivity contribution in [2.75, 3.05) is 6.61 Å². The van der Waals surface area contributed by atoms with Gasteiger partial charge in [0.1, 0.15) is 5.01 Å². The van der Waals surface area contributed by atoms with Gasteiger partial charge < -0.3 is 4.74 Å². The van der Waals surface area contributed by atoms with Crippen LogP contribution in [-0.4, -0.2) is 23.3 Å². The van der Waals surface area contributed by atoms with Crippen LogP contribution in [0.15, 0.2) is 41.1 Å². The highest BCUT2D eigenvalue weighted by atomic mass is 32.1. The molecule has 0 aliphatic carbocycles. The van der Waals surface area contributed by atoms with E-state index in [2.05, 4.69) is 4.98 Å². The number of aromatic nitrogens is 1. The number of thiazole rings is 1. The van der Waals surface area contributed by atoms with Gasteiger partial charge in [-0.2, -0.15) is 0 Å². The Balaban J connectivity index is 1.63. The summed E-state index contributed by atoms with van der Waals surface area (Å²) in [4.78, 5) is 28.9. The highest BCUT2D eigenvalue weighted by Gasteiger charge is 2.16. The van der Waals surface area contributed by atoms with Gasteiger partial charge in [0.15, 0.2) is 29.7 Å². The van der Waals surface area contributed by atoms with Crippen molar-refractivity contribution in [3.8, 4) is 9.88 Å². The summed E-state index contributed by atoms with van der Waals surface area (Å²) in [5.74, 6) is -3.56. The van der Waals surface area contributed by atoms with Crippen LogP contribution in [0.5, 0.6) is 0 Å². The molecule has 3 rings (SSSR count). The number of halogens is 2. The minimum atomic E-state index is -1.13. The maximum atomic E-state index is 13.1. The summed E-state index contributed by atoms with van der Waals surface area (Å²) in [5, 5.41) is 4.12. The molecule has 8 heteroatoms. The highest BCUT2D eigenvalue weighted by molar-refractivity contribution is 7.20. The minimum absolute atomic E-state index is 0.0701. The fourth-order valence-corrected chi connectivity index (χ4v) is 3.44. The average molecular weight is 365 g/mol. The Kier molecular flexibility index (Phi) is 4.77.